The molecule has 7 heteroatoms. The molecule has 2 rings (SSSR count). The fraction of sp³-hybridized carbons (Fsp3) is 0.278. The van der Waals surface area contributed by atoms with Crippen LogP contribution in [0.15, 0.2) is 57.9 Å². The Labute approximate surface area is 156 Å². The van der Waals surface area contributed by atoms with E-state index in [1.54, 1.807) is 31.2 Å². The van der Waals surface area contributed by atoms with Gasteiger partial charge in [-0.15, -0.1) is 0 Å². The molecule has 2 aromatic rings. The first-order valence-electron chi connectivity index (χ1n) is 7.91. The molecule has 0 saturated heterocycles. The van der Waals surface area contributed by atoms with Crippen molar-refractivity contribution in [1.29, 1.82) is 0 Å². The largest absolute Gasteiger partial charge is 0.465 e. The van der Waals surface area contributed by atoms with Gasteiger partial charge in [-0.1, -0.05) is 35.0 Å². The molecule has 0 atom stereocenters. The second-order valence-corrected chi connectivity index (χ2v) is 8.07. The first-order valence-corrected chi connectivity index (χ1v) is 10.1. The van der Waals surface area contributed by atoms with E-state index in [4.69, 9.17) is 4.74 Å². The zero-order valence-corrected chi connectivity index (χ0v) is 16.5. The van der Waals surface area contributed by atoms with Gasteiger partial charge >= 0.3 is 5.97 Å². The maximum Gasteiger partial charge on any atom is 0.326 e. The highest BCUT2D eigenvalue weighted by atomic mass is 79.9. The van der Waals surface area contributed by atoms with Crippen molar-refractivity contribution in [3.63, 3.8) is 0 Å². The number of carbonyl (C=O) groups is 1. The van der Waals surface area contributed by atoms with Gasteiger partial charge < -0.3 is 4.74 Å². The van der Waals surface area contributed by atoms with Gasteiger partial charge in [0.05, 0.1) is 17.2 Å². The molecule has 0 aliphatic heterocycles. The van der Waals surface area contributed by atoms with Crippen LogP contribution in [0.1, 0.15) is 19.4 Å². The summed E-state index contributed by atoms with van der Waals surface area (Å²) in [5.41, 5.74) is 1.51. The van der Waals surface area contributed by atoms with E-state index in [0.717, 1.165) is 20.8 Å². The van der Waals surface area contributed by atoms with Crippen LogP contribution in [0.4, 0.5) is 5.69 Å². The molecule has 0 aromatic heterocycles. The van der Waals surface area contributed by atoms with E-state index in [-0.39, 0.29) is 18.0 Å². The molecule has 0 fully saturated rings. The predicted molar refractivity (Wildman–Crippen MR) is 101 cm³/mol. The Morgan fingerprint density at radius 3 is 2.16 bits per heavy atom. The van der Waals surface area contributed by atoms with E-state index >= 15 is 0 Å². The maximum atomic E-state index is 13.0. The van der Waals surface area contributed by atoms with Gasteiger partial charge in [0.2, 0.25) is 0 Å². The first kappa shape index (κ1) is 19.5. The second kappa shape index (κ2) is 8.49. The molecule has 0 N–H and O–H groups in total. The molecular formula is C18H20BrNO4S. The van der Waals surface area contributed by atoms with Crippen LogP contribution in [0, 0.1) is 0 Å². The minimum Gasteiger partial charge on any atom is -0.465 e. The smallest absolute Gasteiger partial charge is 0.326 e. The van der Waals surface area contributed by atoms with Crippen LogP contribution in [-0.4, -0.2) is 27.5 Å². The molecule has 5 nitrogen and oxygen atoms in total. The number of aryl methyl sites for hydroxylation is 1. The highest BCUT2D eigenvalue weighted by Crippen LogP contribution is 2.25. The summed E-state index contributed by atoms with van der Waals surface area (Å²) < 4.78 is 32.9. The summed E-state index contributed by atoms with van der Waals surface area (Å²) in [6.07, 6.45) is 0.845. The van der Waals surface area contributed by atoms with Crippen molar-refractivity contribution < 1.29 is 17.9 Å². The number of ether oxygens (including phenoxy) is 1. The molecular weight excluding hydrogens is 406 g/mol. The zero-order chi connectivity index (χ0) is 18.4. The maximum absolute atomic E-state index is 13.0. The van der Waals surface area contributed by atoms with Crippen LogP contribution in [0.2, 0.25) is 0 Å². The molecule has 0 saturated carbocycles. The summed E-state index contributed by atoms with van der Waals surface area (Å²) in [5.74, 6) is -0.595. The highest BCUT2D eigenvalue weighted by molar-refractivity contribution is 9.10. The second-order valence-electron chi connectivity index (χ2n) is 5.29. The van der Waals surface area contributed by atoms with Gasteiger partial charge in [-0.25, -0.2) is 8.42 Å². The van der Waals surface area contributed by atoms with Crippen LogP contribution in [0.3, 0.4) is 0 Å². The fourth-order valence-corrected chi connectivity index (χ4v) is 3.94. The number of rotatable bonds is 7. The molecule has 0 radical (unpaired) electrons. The van der Waals surface area contributed by atoms with E-state index in [1.165, 1.54) is 12.1 Å². The van der Waals surface area contributed by atoms with Crippen molar-refractivity contribution >= 4 is 37.6 Å². The third-order valence-electron chi connectivity index (χ3n) is 3.61. The summed E-state index contributed by atoms with van der Waals surface area (Å²) in [5, 5.41) is 0. The number of halogens is 1. The van der Waals surface area contributed by atoms with E-state index < -0.39 is 16.0 Å². The number of sulfonamides is 1. The van der Waals surface area contributed by atoms with Gasteiger partial charge in [-0.2, -0.15) is 0 Å². The van der Waals surface area contributed by atoms with Gasteiger partial charge in [0.15, 0.2) is 0 Å². The molecule has 0 aliphatic rings. The standard InChI is InChI=1S/C18H20BrNO4S/c1-3-14-5-9-16(10-6-14)20(13-18(21)24-4-2)25(22,23)17-11-7-15(19)8-12-17/h5-12H,3-4,13H2,1-2H3. The van der Waals surface area contributed by atoms with E-state index in [2.05, 4.69) is 15.9 Å². The van der Waals surface area contributed by atoms with Crippen molar-refractivity contribution in [3.8, 4) is 0 Å². The molecule has 0 amide bonds. The van der Waals surface area contributed by atoms with Crippen LogP contribution in [0.5, 0.6) is 0 Å². The normalized spacial score (nSPS) is 11.2. The van der Waals surface area contributed by atoms with E-state index in [1.807, 2.05) is 19.1 Å². The summed E-state index contributed by atoms with van der Waals surface area (Å²) in [6, 6.07) is 13.4. The minimum atomic E-state index is -3.89. The molecule has 0 heterocycles. The molecule has 2 aromatic carbocycles. The van der Waals surface area contributed by atoms with Gasteiger partial charge in [0, 0.05) is 4.47 Å². The fourth-order valence-electron chi connectivity index (χ4n) is 2.27. The first-order chi connectivity index (χ1) is 11.9. The quantitative estimate of drug-likeness (QED) is 0.633. The topological polar surface area (TPSA) is 63.7 Å². The Bertz CT molecular complexity index is 817. The predicted octanol–water partition coefficient (Wildman–Crippen LogP) is 3.77. The molecule has 0 bridgehead atoms. The number of nitrogens with zero attached hydrogens (tertiary/aromatic N) is 1. The lowest BCUT2D eigenvalue weighted by Crippen LogP contribution is -2.36. The summed E-state index contributed by atoms with van der Waals surface area (Å²) in [7, 11) is -3.89. The van der Waals surface area contributed by atoms with Gasteiger partial charge in [-0.3, -0.25) is 9.10 Å². The van der Waals surface area contributed by atoms with Crippen LogP contribution in [-0.2, 0) is 26.0 Å². The Hall–Kier alpha value is -1.86. The number of carbonyl (C=O) groups excluding carboxylic acids is 1. The average Bonchev–Trinajstić information content (AvgIpc) is 2.60. The molecule has 25 heavy (non-hydrogen) atoms. The highest BCUT2D eigenvalue weighted by Gasteiger charge is 2.27. The lowest BCUT2D eigenvalue weighted by molar-refractivity contribution is -0.141. The lowest BCUT2D eigenvalue weighted by atomic mass is 10.1. The third-order valence-corrected chi connectivity index (χ3v) is 5.93. The minimum absolute atomic E-state index is 0.111. The number of hydrogen-bond donors (Lipinski definition) is 0. The van der Waals surface area contributed by atoms with Crippen LogP contribution >= 0.6 is 15.9 Å². The summed E-state index contributed by atoms with van der Waals surface area (Å²) in [6.45, 7) is 3.52. The Balaban J connectivity index is 2.45. The molecule has 0 unspecified atom stereocenters. The number of benzene rings is 2. The number of esters is 1. The van der Waals surface area contributed by atoms with Gasteiger partial charge in [0.1, 0.15) is 6.54 Å². The van der Waals surface area contributed by atoms with Crippen molar-refractivity contribution in [2.75, 3.05) is 17.5 Å². The van der Waals surface area contributed by atoms with Crippen molar-refractivity contribution in [1.82, 2.24) is 0 Å². The summed E-state index contributed by atoms with van der Waals surface area (Å²) in [4.78, 5) is 12.1. The summed E-state index contributed by atoms with van der Waals surface area (Å²) >= 11 is 3.29. The zero-order valence-electron chi connectivity index (χ0n) is 14.1. The van der Waals surface area contributed by atoms with Crippen molar-refractivity contribution in [2.45, 2.75) is 25.2 Å². The average molecular weight is 426 g/mol. The van der Waals surface area contributed by atoms with Crippen molar-refractivity contribution in [2.24, 2.45) is 0 Å². The third kappa shape index (κ3) is 4.83. The molecule has 0 spiro atoms. The number of anilines is 1. The Morgan fingerprint density at radius 2 is 1.64 bits per heavy atom. The Kier molecular flexibility index (Phi) is 6.61. The van der Waals surface area contributed by atoms with Crippen LogP contribution < -0.4 is 4.31 Å². The number of hydrogen-bond acceptors (Lipinski definition) is 4. The lowest BCUT2D eigenvalue weighted by Gasteiger charge is -2.24. The molecule has 0 aliphatic carbocycles. The van der Waals surface area contributed by atoms with E-state index in [0.29, 0.717) is 5.69 Å². The van der Waals surface area contributed by atoms with E-state index in [9.17, 15) is 13.2 Å². The van der Waals surface area contributed by atoms with Gasteiger partial charge in [-0.05, 0) is 55.3 Å². The monoisotopic (exact) mass is 425 g/mol. The SMILES string of the molecule is CCOC(=O)CN(c1ccc(CC)cc1)S(=O)(=O)c1ccc(Br)cc1. The molecule has 134 valence electrons. The van der Waals surface area contributed by atoms with Crippen molar-refractivity contribution in [3.05, 3.63) is 58.6 Å². The van der Waals surface area contributed by atoms with Gasteiger partial charge in [0.25, 0.3) is 10.0 Å². The van der Waals surface area contributed by atoms with Crippen LogP contribution in [0.25, 0.3) is 0 Å². The Morgan fingerprint density at radius 1 is 1.04 bits per heavy atom.